The Bertz CT molecular complexity index is 1560. The zero-order valence-corrected chi connectivity index (χ0v) is 23.9. The van der Waals surface area contributed by atoms with E-state index >= 15 is 0 Å². The molecule has 9 nitrogen and oxygen atoms in total. The summed E-state index contributed by atoms with van der Waals surface area (Å²) < 4.78 is 60.9. The van der Waals surface area contributed by atoms with Gasteiger partial charge in [-0.05, 0) is 32.3 Å². The molecule has 1 aromatic heterocycles. The van der Waals surface area contributed by atoms with E-state index in [4.69, 9.17) is 14.2 Å². The van der Waals surface area contributed by atoms with Gasteiger partial charge in [0.05, 0.1) is 12.1 Å². The molecule has 3 heterocycles. The number of halogens is 3. The summed E-state index contributed by atoms with van der Waals surface area (Å²) in [5.41, 5.74) is -1.12. The molecule has 2 amide bonds. The van der Waals surface area contributed by atoms with Crippen molar-refractivity contribution in [2.45, 2.75) is 64.3 Å². The molecule has 2 bridgehead atoms. The summed E-state index contributed by atoms with van der Waals surface area (Å²) >= 11 is 0. The lowest BCUT2D eigenvalue weighted by Crippen LogP contribution is -2.50. The van der Waals surface area contributed by atoms with Crippen molar-refractivity contribution in [2.24, 2.45) is 0 Å². The predicted octanol–water partition coefficient (Wildman–Crippen LogP) is 4.33. The SMILES string of the molecule is COC(C)OC1CCC(C)N2CC1n1cc(C(=O)NCc3c(F)cc(F)cc3F)c(=O)c(OCc3ccccc3)c1C2=O. The van der Waals surface area contributed by atoms with Crippen molar-refractivity contribution in [1.82, 2.24) is 14.8 Å². The lowest BCUT2D eigenvalue weighted by atomic mass is 10.0. The maximum absolute atomic E-state index is 14.2. The summed E-state index contributed by atoms with van der Waals surface area (Å²) in [5.74, 6) is -5.16. The molecule has 2 aliphatic rings. The van der Waals surface area contributed by atoms with Gasteiger partial charge in [-0.2, -0.15) is 0 Å². The van der Waals surface area contributed by atoms with Crippen LogP contribution in [0.25, 0.3) is 0 Å². The molecule has 0 spiro atoms. The Balaban J connectivity index is 1.59. The first-order valence-corrected chi connectivity index (χ1v) is 14.0. The van der Waals surface area contributed by atoms with Gasteiger partial charge in [0.15, 0.2) is 17.7 Å². The van der Waals surface area contributed by atoms with E-state index in [0.29, 0.717) is 25.0 Å². The highest BCUT2D eigenvalue weighted by atomic mass is 19.1. The Morgan fingerprint density at radius 1 is 1.09 bits per heavy atom. The van der Waals surface area contributed by atoms with Crippen LogP contribution in [0.15, 0.2) is 53.5 Å². The predicted molar refractivity (Wildman–Crippen MR) is 149 cm³/mol. The number of carbonyl (C=O) groups excluding carboxylic acids is 2. The van der Waals surface area contributed by atoms with Crippen molar-refractivity contribution in [3.63, 3.8) is 0 Å². The van der Waals surface area contributed by atoms with Crippen LogP contribution >= 0.6 is 0 Å². The molecular weight excluding hydrogens is 567 g/mol. The normalized spacial score (nSPS) is 20.3. The first kappa shape index (κ1) is 30.3. The molecule has 228 valence electrons. The monoisotopic (exact) mass is 599 g/mol. The summed E-state index contributed by atoms with van der Waals surface area (Å²) in [5, 5.41) is 2.35. The van der Waals surface area contributed by atoms with Gasteiger partial charge in [0.1, 0.15) is 29.6 Å². The van der Waals surface area contributed by atoms with Crippen molar-refractivity contribution in [2.75, 3.05) is 13.7 Å². The molecule has 1 N–H and O–H groups in total. The maximum atomic E-state index is 14.2. The number of aromatic nitrogens is 1. The van der Waals surface area contributed by atoms with Gasteiger partial charge >= 0.3 is 0 Å². The van der Waals surface area contributed by atoms with Gasteiger partial charge in [-0.15, -0.1) is 0 Å². The van der Waals surface area contributed by atoms with Crippen LogP contribution in [0, 0.1) is 17.5 Å². The number of fused-ring (bicyclic) bond motifs is 4. The molecule has 0 aliphatic carbocycles. The van der Waals surface area contributed by atoms with Gasteiger partial charge in [-0.25, -0.2) is 13.2 Å². The average Bonchev–Trinajstić information content (AvgIpc) is 3.12. The highest BCUT2D eigenvalue weighted by Crippen LogP contribution is 2.36. The largest absolute Gasteiger partial charge is 0.483 e. The average molecular weight is 600 g/mol. The fourth-order valence-corrected chi connectivity index (χ4v) is 5.51. The highest BCUT2D eigenvalue weighted by molar-refractivity contribution is 5.99. The number of amides is 2. The molecule has 4 unspecified atom stereocenters. The van der Waals surface area contributed by atoms with Gasteiger partial charge in [0.25, 0.3) is 11.8 Å². The van der Waals surface area contributed by atoms with E-state index in [0.717, 1.165) is 5.56 Å². The third-order valence-corrected chi connectivity index (χ3v) is 7.93. The topological polar surface area (TPSA) is 99.1 Å². The van der Waals surface area contributed by atoms with Crippen LogP contribution in [-0.4, -0.2) is 53.4 Å². The minimum absolute atomic E-state index is 0.0169. The number of benzene rings is 2. The van der Waals surface area contributed by atoms with E-state index < -0.39 is 70.8 Å². The van der Waals surface area contributed by atoms with Gasteiger partial charge in [0, 0.05) is 50.1 Å². The van der Waals surface area contributed by atoms with E-state index in [1.165, 1.54) is 13.3 Å². The maximum Gasteiger partial charge on any atom is 0.274 e. The van der Waals surface area contributed by atoms with E-state index in [2.05, 4.69) is 5.32 Å². The van der Waals surface area contributed by atoms with E-state index in [1.54, 1.807) is 40.7 Å². The van der Waals surface area contributed by atoms with Crippen LogP contribution in [0.2, 0.25) is 0 Å². The Kier molecular flexibility index (Phi) is 8.88. The zero-order valence-electron chi connectivity index (χ0n) is 23.9. The van der Waals surface area contributed by atoms with Crippen molar-refractivity contribution in [3.8, 4) is 5.75 Å². The third kappa shape index (κ3) is 6.16. The van der Waals surface area contributed by atoms with Crippen molar-refractivity contribution >= 4 is 11.8 Å². The van der Waals surface area contributed by atoms with Gasteiger partial charge in [-0.3, -0.25) is 14.4 Å². The molecule has 43 heavy (non-hydrogen) atoms. The summed E-state index contributed by atoms with van der Waals surface area (Å²) in [6, 6.07) is 9.32. The molecule has 0 saturated carbocycles. The summed E-state index contributed by atoms with van der Waals surface area (Å²) in [6.07, 6.45) is 1.45. The van der Waals surface area contributed by atoms with Crippen LogP contribution < -0.4 is 15.5 Å². The Morgan fingerprint density at radius 3 is 2.47 bits per heavy atom. The smallest absolute Gasteiger partial charge is 0.274 e. The zero-order chi connectivity index (χ0) is 30.8. The fourth-order valence-electron chi connectivity index (χ4n) is 5.51. The van der Waals surface area contributed by atoms with Crippen LogP contribution in [0.3, 0.4) is 0 Å². The second kappa shape index (κ2) is 12.6. The number of hydrogen-bond donors (Lipinski definition) is 1. The second-order valence-corrected chi connectivity index (χ2v) is 10.7. The Morgan fingerprint density at radius 2 is 1.79 bits per heavy atom. The second-order valence-electron chi connectivity index (χ2n) is 10.7. The molecule has 2 aromatic carbocycles. The number of rotatable bonds is 9. The summed E-state index contributed by atoms with van der Waals surface area (Å²) in [7, 11) is 1.51. The van der Waals surface area contributed by atoms with Crippen LogP contribution in [0.5, 0.6) is 5.75 Å². The molecule has 4 atom stereocenters. The molecule has 0 radical (unpaired) electrons. The summed E-state index contributed by atoms with van der Waals surface area (Å²) in [6.45, 7) is 3.21. The van der Waals surface area contributed by atoms with Crippen LogP contribution in [-0.2, 0) is 22.6 Å². The number of methoxy groups -OCH3 is 1. The Labute approximate surface area is 246 Å². The molecule has 1 fully saturated rings. The van der Waals surface area contributed by atoms with E-state index in [-0.39, 0.29) is 30.6 Å². The number of carbonyl (C=O) groups is 2. The lowest BCUT2D eigenvalue weighted by molar-refractivity contribution is -0.157. The first-order chi connectivity index (χ1) is 20.6. The standard InChI is InChI=1S/C31H32F3N3O6/c1-17-9-10-26(43-18(2)41-3)25-15-36(17)31(40)27-29(42-16-19-7-5-4-6-8-19)28(38)22(14-37(25)27)30(39)35-13-21-23(33)11-20(32)12-24(21)34/h4-8,11-12,14,17-18,25-26H,9-10,13,15-16H2,1-3H3,(H,35,39). The number of ether oxygens (including phenoxy) is 3. The minimum atomic E-state index is -1.18. The van der Waals surface area contributed by atoms with E-state index in [1.807, 2.05) is 13.0 Å². The summed E-state index contributed by atoms with van der Waals surface area (Å²) in [4.78, 5) is 42.7. The van der Waals surface area contributed by atoms with Gasteiger partial charge in [-0.1, -0.05) is 30.3 Å². The molecule has 2 aliphatic heterocycles. The molecule has 12 heteroatoms. The molecular formula is C31H32F3N3O6. The molecule has 5 rings (SSSR count). The highest BCUT2D eigenvalue weighted by Gasteiger charge is 2.43. The van der Waals surface area contributed by atoms with Gasteiger partial charge in [0.2, 0.25) is 5.43 Å². The molecule has 1 saturated heterocycles. The van der Waals surface area contributed by atoms with E-state index in [9.17, 15) is 27.6 Å². The number of pyridine rings is 1. The molecule has 3 aromatic rings. The quantitative estimate of drug-likeness (QED) is 0.368. The minimum Gasteiger partial charge on any atom is -0.483 e. The third-order valence-electron chi connectivity index (χ3n) is 7.93. The van der Waals surface area contributed by atoms with Crippen molar-refractivity contribution < 1.29 is 37.0 Å². The lowest BCUT2D eigenvalue weighted by Gasteiger charge is -2.39. The number of nitrogens with zero attached hydrogens (tertiary/aromatic N) is 2. The van der Waals surface area contributed by atoms with Crippen molar-refractivity contribution in [1.29, 1.82) is 0 Å². The number of nitrogens with one attached hydrogen (secondary N) is 1. The van der Waals surface area contributed by atoms with Crippen molar-refractivity contribution in [3.05, 3.63) is 98.7 Å². The Hall–Kier alpha value is -4.16. The first-order valence-electron chi connectivity index (χ1n) is 14.0. The van der Waals surface area contributed by atoms with Crippen LogP contribution in [0.1, 0.15) is 64.7 Å². The van der Waals surface area contributed by atoms with Gasteiger partial charge < -0.3 is 29.0 Å². The number of hydrogen-bond acceptors (Lipinski definition) is 6. The fraction of sp³-hybridized carbons (Fsp3) is 0.387. The van der Waals surface area contributed by atoms with Crippen LogP contribution in [0.4, 0.5) is 13.2 Å².